The van der Waals surface area contributed by atoms with Gasteiger partial charge >= 0.3 is 0 Å². The number of guanidine groups is 1. The van der Waals surface area contributed by atoms with Crippen LogP contribution in [0.1, 0.15) is 26.2 Å². The van der Waals surface area contributed by atoms with Gasteiger partial charge in [-0.2, -0.15) is 0 Å². The number of sulfone groups is 1. The van der Waals surface area contributed by atoms with E-state index in [4.69, 9.17) is 0 Å². The molecule has 2 rings (SSSR count). The number of aliphatic imine (C=N–C) groups is 1. The van der Waals surface area contributed by atoms with Crippen molar-refractivity contribution in [3.8, 4) is 0 Å². The van der Waals surface area contributed by atoms with Crippen molar-refractivity contribution in [1.29, 1.82) is 0 Å². The first kappa shape index (κ1) is 16.5. The Morgan fingerprint density at radius 1 is 1.29 bits per heavy atom. The largest absolute Gasteiger partial charge is 0.357 e. The molecule has 0 amide bonds. The lowest BCUT2D eigenvalue weighted by Crippen LogP contribution is -2.44. The Labute approximate surface area is 128 Å². The van der Waals surface area contributed by atoms with Gasteiger partial charge in [-0.1, -0.05) is 0 Å². The monoisotopic (exact) mass is 316 g/mol. The Kier molecular flexibility index (Phi) is 5.87. The van der Waals surface area contributed by atoms with Crippen LogP contribution in [0.5, 0.6) is 0 Å². The van der Waals surface area contributed by atoms with Gasteiger partial charge in [0.25, 0.3) is 0 Å². The predicted octanol–water partition coefficient (Wildman–Crippen LogP) is 0.0704. The molecule has 0 aromatic carbocycles. The zero-order valence-electron chi connectivity index (χ0n) is 13.1. The number of hydrogen-bond acceptors (Lipinski definition) is 4. The molecule has 6 nitrogen and oxygen atoms in total. The first-order chi connectivity index (χ1) is 9.98. The summed E-state index contributed by atoms with van der Waals surface area (Å²) in [5, 5.41) is 6.49. The van der Waals surface area contributed by atoms with Crippen LogP contribution in [0.25, 0.3) is 0 Å². The van der Waals surface area contributed by atoms with Crippen molar-refractivity contribution >= 4 is 15.8 Å². The molecule has 0 spiro atoms. The molecule has 0 aliphatic carbocycles. The Hall–Kier alpha value is -0.820. The maximum absolute atomic E-state index is 11.5. The van der Waals surface area contributed by atoms with Crippen molar-refractivity contribution in [3.63, 3.8) is 0 Å². The number of hydrogen-bond donors (Lipinski definition) is 2. The topological polar surface area (TPSA) is 73.8 Å². The van der Waals surface area contributed by atoms with Crippen LogP contribution in [-0.2, 0) is 9.84 Å². The van der Waals surface area contributed by atoms with Gasteiger partial charge in [-0.3, -0.25) is 4.99 Å². The highest BCUT2D eigenvalue weighted by molar-refractivity contribution is 7.91. The highest BCUT2D eigenvalue weighted by Gasteiger charge is 2.28. The zero-order valence-corrected chi connectivity index (χ0v) is 14.0. The van der Waals surface area contributed by atoms with Crippen LogP contribution in [0.2, 0.25) is 0 Å². The Bertz CT molecular complexity index is 456. The first-order valence-electron chi connectivity index (χ1n) is 7.92. The molecule has 21 heavy (non-hydrogen) atoms. The van der Waals surface area contributed by atoms with Crippen molar-refractivity contribution in [2.45, 2.75) is 32.2 Å². The normalized spacial score (nSPS) is 27.7. The Morgan fingerprint density at radius 2 is 2.00 bits per heavy atom. The van der Waals surface area contributed by atoms with Gasteiger partial charge in [0.15, 0.2) is 15.8 Å². The summed E-state index contributed by atoms with van der Waals surface area (Å²) in [4.78, 5) is 7.01. The van der Waals surface area contributed by atoms with E-state index in [2.05, 4.69) is 27.6 Å². The summed E-state index contributed by atoms with van der Waals surface area (Å²) in [7, 11) is -0.690. The van der Waals surface area contributed by atoms with Crippen LogP contribution >= 0.6 is 0 Å². The lowest BCUT2D eigenvalue weighted by molar-refractivity contribution is 0.223. The van der Waals surface area contributed by atoms with Gasteiger partial charge < -0.3 is 15.5 Å². The van der Waals surface area contributed by atoms with Gasteiger partial charge in [-0.25, -0.2) is 8.42 Å². The molecule has 2 aliphatic heterocycles. The summed E-state index contributed by atoms with van der Waals surface area (Å²) in [6.07, 6.45) is 3.06. The standard InChI is InChI=1S/C14H28N4O2S/c1-3-15-14(17-13-6-9-21(19,20)11-13)16-10-12-4-7-18(2)8-5-12/h12-13H,3-11H2,1-2H3,(H2,15,16,17). The Balaban J connectivity index is 1.84. The van der Waals surface area contributed by atoms with E-state index in [1.54, 1.807) is 0 Å². The van der Waals surface area contributed by atoms with E-state index in [0.29, 0.717) is 18.1 Å². The SMILES string of the molecule is CCNC(=NCC1CCN(C)CC1)NC1CCS(=O)(=O)C1. The predicted molar refractivity (Wildman–Crippen MR) is 86.4 cm³/mol. The maximum Gasteiger partial charge on any atom is 0.191 e. The van der Waals surface area contributed by atoms with Crippen LogP contribution < -0.4 is 10.6 Å². The van der Waals surface area contributed by atoms with Crippen molar-refractivity contribution in [2.24, 2.45) is 10.9 Å². The number of nitrogens with one attached hydrogen (secondary N) is 2. The second kappa shape index (κ2) is 7.45. The second-order valence-corrected chi connectivity index (χ2v) is 8.44. The van der Waals surface area contributed by atoms with E-state index in [9.17, 15) is 8.42 Å². The van der Waals surface area contributed by atoms with Crippen LogP contribution in [0, 0.1) is 5.92 Å². The average molecular weight is 316 g/mol. The molecule has 7 heteroatoms. The molecule has 2 fully saturated rings. The van der Waals surface area contributed by atoms with Gasteiger partial charge in [-0.05, 0) is 52.2 Å². The van der Waals surface area contributed by atoms with E-state index in [1.807, 2.05) is 6.92 Å². The number of likely N-dealkylation sites (tertiary alicyclic amines) is 1. The molecule has 0 radical (unpaired) electrons. The number of nitrogens with zero attached hydrogens (tertiary/aromatic N) is 2. The lowest BCUT2D eigenvalue weighted by Gasteiger charge is -2.28. The summed E-state index contributed by atoms with van der Waals surface area (Å²) in [5.74, 6) is 1.92. The zero-order chi connectivity index (χ0) is 15.3. The Morgan fingerprint density at radius 3 is 2.57 bits per heavy atom. The molecule has 0 aromatic rings. The highest BCUT2D eigenvalue weighted by Crippen LogP contribution is 2.16. The van der Waals surface area contributed by atoms with Crippen molar-refractivity contribution in [1.82, 2.24) is 15.5 Å². The van der Waals surface area contributed by atoms with Crippen molar-refractivity contribution < 1.29 is 8.42 Å². The van der Waals surface area contributed by atoms with E-state index in [-0.39, 0.29) is 11.8 Å². The minimum atomic E-state index is -2.85. The van der Waals surface area contributed by atoms with Crippen LogP contribution in [0.4, 0.5) is 0 Å². The van der Waals surface area contributed by atoms with Gasteiger partial charge in [0.2, 0.25) is 0 Å². The van der Waals surface area contributed by atoms with Gasteiger partial charge in [0.05, 0.1) is 11.5 Å². The lowest BCUT2D eigenvalue weighted by atomic mass is 9.97. The third-order valence-corrected chi connectivity index (χ3v) is 6.03. The third-order valence-electron chi connectivity index (χ3n) is 4.26. The van der Waals surface area contributed by atoms with Crippen LogP contribution in [0.3, 0.4) is 0 Å². The minimum Gasteiger partial charge on any atom is -0.357 e. The molecule has 2 N–H and O–H groups in total. The van der Waals surface area contributed by atoms with E-state index in [1.165, 1.54) is 12.8 Å². The fourth-order valence-electron chi connectivity index (χ4n) is 2.89. The molecule has 0 bridgehead atoms. The molecule has 1 atom stereocenters. The number of piperidine rings is 1. The number of rotatable bonds is 4. The summed E-state index contributed by atoms with van der Waals surface area (Å²) < 4.78 is 23.0. The van der Waals surface area contributed by atoms with E-state index >= 15 is 0 Å². The van der Waals surface area contributed by atoms with E-state index in [0.717, 1.165) is 32.1 Å². The summed E-state index contributed by atoms with van der Waals surface area (Å²) in [6.45, 7) is 5.93. The average Bonchev–Trinajstić information content (AvgIpc) is 2.77. The molecular weight excluding hydrogens is 288 g/mol. The highest BCUT2D eigenvalue weighted by atomic mass is 32.2. The van der Waals surface area contributed by atoms with E-state index < -0.39 is 9.84 Å². The van der Waals surface area contributed by atoms with Crippen LogP contribution in [-0.4, -0.2) is 70.1 Å². The maximum atomic E-state index is 11.5. The molecule has 2 heterocycles. The quantitative estimate of drug-likeness (QED) is 0.567. The molecule has 0 saturated carbocycles. The van der Waals surface area contributed by atoms with Crippen LogP contribution in [0.15, 0.2) is 4.99 Å². The smallest absolute Gasteiger partial charge is 0.191 e. The summed E-state index contributed by atoms with van der Waals surface area (Å²) in [6, 6.07) is 0.00490. The third kappa shape index (κ3) is 5.47. The molecule has 1 unspecified atom stereocenters. The molecule has 0 aromatic heterocycles. The molecule has 2 aliphatic rings. The second-order valence-electron chi connectivity index (χ2n) is 6.21. The van der Waals surface area contributed by atoms with Crippen molar-refractivity contribution in [3.05, 3.63) is 0 Å². The van der Waals surface area contributed by atoms with Gasteiger partial charge in [0, 0.05) is 19.1 Å². The minimum absolute atomic E-state index is 0.00490. The fourth-order valence-corrected chi connectivity index (χ4v) is 4.56. The van der Waals surface area contributed by atoms with Gasteiger partial charge in [-0.15, -0.1) is 0 Å². The molecule has 122 valence electrons. The summed E-state index contributed by atoms with van der Waals surface area (Å²) >= 11 is 0. The molecule has 2 saturated heterocycles. The summed E-state index contributed by atoms with van der Waals surface area (Å²) in [5.41, 5.74) is 0. The van der Waals surface area contributed by atoms with Crippen molar-refractivity contribution in [2.75, 3.05) is 44.7 Å². The fraction of sp³-hybridized carbons (Fsp3) is 0.929. The molecular formula is C14H28N4O2S. The first-order valence-corrected chi connectivity index (χ1v) is 9.74. The van der Waals surface area contributed by atoms with Gasteiger partial charge in [0.1, 0.15) is 0 Å².